The largest absolute Gasteiger partial charge is 0.344 e. The summed E-state index contributed by atoms with van der Waals surface area (Å²) >= 11 is 0. The number of rotatable bonds is 3. The Balaban J connectivity index is 1.82. The first kappa shape index (κ1) is 13.6. The van der Waals surface area contributed by atoms with E-state index in [1.807, 2.05) is 11.9 Å². The molecule has 1 saturated heterocycles. The first-order valence-corrected chi connectivity index (χ1v) is 7.22. The summed E-state index contributed by atoms with van der Waals surface area (Å²) < 4.78 is 0. The number of amides is 1. The van der Waals surface area contributed by atoms with Gasteiger partial charge in [0.2, 0.25) is 5.91 Å². The molecule has 1 fully saturated rings. The molecule has 0 aromatic rings. The van der Waals surface area contributed by atoms with Crippen LogP contribution in [-0.4, -0.2) is 37.0 Å². The van der Waals surface area contributed by atoms with Gasteiger partial charge in [-0.2, -0.15) is 0 Å². The van der Waals surface area contributed by atoms with Gasteiger partial charge < -0.3 is 10.2 Å². The predicted molar refractivity (Wildman–Crippen MR) is 74.3 cm³/mol. The van der Waals surface area contributed by atoms with Crippen LogP contribution in [0, 0.1) is 11.8 Å². The summed E-state index contributed by atoms with van der Waals surface area (Å²) in [6.07, 6.45) is 6.63. The fraction of sp³-hybridized carbons (Fsp3) is 0.800. The molecule has 3 heteroatoms. The zero-order chi connectivity index (χ0) is 13.1. The molecular weight excluding hydrogens is 224 g/mol. The molecule has 0 aromatic carbocycles. The second-order valence-electron chi connectivity index (χ2n) is 6.03. The zero-order valence-corrected chi connectivity index (χ0v) is 11.9. The van der Waals surface area contributed by atoms with Gasteiger partial charge in [-0.15, -0.1) is 0 Å². The van der Waals surface area contributed by atoms with E-state index in [1.54, 1.807) is 5.57 Å². The summed E-state index contributed by atoms with van der Waals surface area (Å²) in [4.78, 5) is 13.3. The van der Waals surface area contributed by atoms with Gasteiger partial charge in [-0.05, 0) is 38.0 Å². The minimum atomic E-state index is 0.287. The monoisotopic (exact) mass is 250 g/mol. The molecule has 0 saturated carbocycles. The van der Waals surface area contributed by atoms with E-state index < -0.39 is 0 Å². The summed E-state index contributed by atoms with van der Waals surface area (Å²) in [5.74, 6) is 1.75. The van der Waals surface area contributed by atoms with Gasteiger partial charge in [-0.1, -0.05) is 18.6 Å². The van der Waals surface area contributed by atoms with Gasteiger partial charge in [0, 0.05) is 32.6 Å². The van der Waals surface area contributed by atoms with E-state index in [2.05, 4.69) is 25.2 Å². The molecule has 2 aliphatic rings. The van der Waals surface area contributed by atoms with Crippen LogP contribution >= 0.6 is 0 Å². The first-order chi connectivity index (χ1) is 8.58. The van der Waals surface area contributed by atoms with Gasteiger partial charge in [-0.25, -0.2) is 0 Å². The lowest BCUT2D eigenvalue weighted by Crippen LogP contribution is -2.48. The van der Waals surface area contributed by atoms with Gasteiger partial charge in [0.25, 0.3) is 0 Å². The number of carbonyl (C=O) groups excluding carboxylic acids is 1. The molecule has 0 unspecified atom stereocenters. The van der Waals surface area contributed by atoms with E-state index in [1.165, 1.54) is 12.8 Å². The van der Waals surface area contributed by atoms with Gasteiger partial charge >= 0.3 is 0 Å². The SMILES string of the molecule is CC1=CCC[C@H](C)[C@H]1CN[C@H]1CCC(=O)N(C)C1. The van der Waals surface area contributed by atoms with Crippen molar-refractivity contribution in [3.8, 4) is 0 Å². The molecule has 3 atom stereocenters. The van der Waals surface area contributed by atoms with Crippen molar-refractivity contribution in [3.63, 3.8) is 0 Å². The summed E-state index contributed by atoms with van der Waals surface area (Å²) in [6.45, 7) is 6.55. The minimum Gasteiger partial charge on any atom is -0.344 e. The van der Waals surface area contributed by atoms with Crippen LogP contribution in [0.25, 0.3) is 0 Å². The van der Waals surface area contributed by atoms with Crippen LogP contribution in [0.3, 0.4) is 0 Å². The maximum atomic E-state index is 11.4. The Labute approximate surface area is 111 Å². The number of hydrogen-bond acceptors (Lipinski definition) is 2. The number of hydrogen-bond donors (Lipinski definition) is 1. The van der Waals surface area contributed by atoms with Crippen molar-refractivity contribution in [2.75, 3.05) is 20.1 Å². The van der Waals surface area contributed by atoms with Crippen molar-refractivity contribution >= 4 is 5.91 Å². The molecule has 0 spiro atoms. The highest BCUT2D eigenvalue weighted by molar-refractivity contribution is 5.76. The number of likely N-dealkylation sites (tertiary alicyclic amines) is 1. The van der Waals surface area contributed by atoms with E-state index >= 15 is 0 Å². The van der Waals surface area contributed by atoms with Crippen LogP contribution in [0.1, 0.15) is 39.5 Å². The third-order valence-electron chi connectivity index (χ3n) is 4.61. The fourth-order valence-corrected chi connectivity index (χ4v) is 3.21. The molecule has 18 heavy (non-hydrogen) atoms. The van der Waals surface area contributed by atoms with Crippen molar-refractivity contribution in [2.24, 2.45) is 11.8 Å². The number of likely N-dealkylation sites (N-methyl/N-ethyl adjacent to an activating group) is 1. The summed E-state index contributed by atoms with van der Waals surface area (Å²) in [7, 11) is 1.91. The summed E-state index contributed by atoms with van der Waals surface area (Å²) in [6, 6.07) is 0.481. The molecule has 102 valence electrons. The van der Waals surface area contributed by atoms with Crippen LogP contribution in [-0.2, 0) is 4.79 Å². The van der Waals surface area contributed by atoms with Crippen molar-refractivity contribution < 1.29 is 4.79 Å². The number of piperidine rings is 1. The van der Waals surface area contributed by atoms with Gasteiger partial charge in [0.1, 0.15) is 0 Å². The van der Waals surface area contributed by atoms with E-state index in [0.717, 1.165) is 25.4 Å². The third-order valence-corrected chi connectivity index (χ3v) is 4.61. The van der Waals surface area contributed by atoms with E-state index in [0.29, 0.717) is 18.4 Å². The van der Waals surface area contributed by atoms with Crippen molar-refractivity contribution in [3.05, 3.63) is 11.6 Å². The highest BCUT2D eigenvalue weighted by Gasteiger charge is 2.26. The lowest BCUT2D eigenvalue weighted by molar-refractivity contribution is -0.132. The van der Waals surface area contributed by atoms with Crippen LogP contribution in [0.4, 0.5) is 0 Å². The Hall–Kier alpha value is -0.830. The van der Waals surface area contributed by atoms with Crippen molar-refractivity contribution in [1.29, 1.82) is 0 Å². The topological polar surface area (TPSA) is 32.3 Å². The van der Waals surface area contributed by atoms with E-state index in [-0.39, 0.29) is 5.91 Å². The zero-order valence-electron chi connectivity index (χ0n) is 11.9. The predicted octanol–water partition coefficient (Wildman–Crippen LogP) is 2.19. The maximum absolute atomic E-state index is 11.4. The molecule has 1 aliphatic heterocycles. The fourth-order valence-electron chi connectivity index (χ4n) is 3.21. The first-order valence-electron chi connectivity index (χ1n) is 7.22. The van der Waals surface area contributed by atoms with Gasteiger partial charge in [0.05, 0.1) is 0 Å². The second-order valence-corrected chi connectivity index (χ2v) is 6.03. The summed E-state index contributed by atoms with van der Waals surface area (Å²) in [5, 5.41) is 3.67. The molecule has 2 rings (SSSR count). The molecule has 1 amide bonds. The normalized spacial score (nSPS) is 33.5. The standard InChI is InChI=1S/C15H26N2O/c1-11-5-4-6-12(2)14(11)9-16-13-7-8-15(18)17(3)10-13/h5,12-14,16H,4,6-10H2,1-3H3/t12-,13-,14-/m0/s1. The minimum absolute atomic E-state index is 0.287. The lowest BCUT2D eigenvalue weighted by atomic mass is 9.80. The highest BCUT2D eigenvalue weighted by atomic mass is 16.2. The number of allylic oxidation sites excluding steroid dienone is 1. The second kappa shape index (κ2) is 5.87. The molecule has 0 aromatic heterocycles. The lowest BCUT2D eigenvalue weighted by Gasteiger charge is -2.34. The van der Waals surface area contributed by atoms with Crippen LogP contribution in [0.5, 0.6) is 0 Å². The molecule has 0 radical (unpaired) electrons. The molecule has 1 N–H and O–H groups in total. The molecule has 1 aliphatic carbocycles. The molecule has 0 bridgehead atoms. The Kier molecular flexibility index (Phi) is 4.44. The average Bonchev–Trinajstić information content (AvgIpc) is 2.33. The highest BCUT2D eigenvalue weighted by Crippen LogP contribution is 2.29. The van der Waals surface area contributed by atoms with Crippen molar-refractivity contribution in [2.45, 2.75) is 45.6 Å². The summed E-state index contributed by atoms with van der Waals surface area (Å²) in [5.41, 5.74) is 1.54. The molecule has 3 nitrogen and oxygen atoms in total. The Bertz CT molecular complexity index is 337. The van der Waals surface area contributed by atoms with Crippen LogP contribution in [0.2, 0.25) is 0 Å². The Morgan fingerprint density at radius 1 is 1.44 bits per heavy atom. The quantitative estimate of drug-likeness (QED) is 0.779. The number of nitrogens with one attached hydrogen (secondary N) is 1. The van der Waals surface area contributed by atoms with E-state index in [9.17, 15) is 4.79 Å². The van der Waals surface area contributed by atoms with Gasteiger partial charge in [-0.3, -0.25) is 4.79 Å². The number of nitrogens with zero attached hydrogens (tertiary/aromatic N) is 1. The smallest absolute Gasteiger partial charge is 0.222 e. The van der Waals surface area contributed by atoms with Crippen LogP contribution < -0.4 is 5.32 Å². The average molecular weight is 250 g/mol. The maximum Gasteiger partial charge on any atom is 0.222 e. The Morgan fingerprint density at radius 3 is 2.89 bits per heavy atom. The van der Waals surface area contributed by atoms with Gasteiger partial charge in [0.15, 0.2) is 0 Å². The Morgan fingerprint density at radius 2 is 2.22 bits per heavy atom. The molecular formula is C15H26N2O. The van der Waals surface area contributed by atoms with Crippen molar-refractivity contribution in [1.82, 2.24) is 10.2 Å². The third kappa shape index (κ3) is 3.14. The molecule has 1 heterocycles. The van der Waals surface area contributed by atoms with Crippen LogP contribution in [0.15, 0.2) is 11.6 Å². The van der Waals surface area contributed by atoms with E-state index in [4.69, 9.17) is 0 Å². The number of carbonyl (C=O) groups is 1.